The average Bonchev–Trinajstić information content (AvgIpc) is 3.92. The number of rotatable bonds is 18. The van der Waals surface area contributed by atoms with Crippen molar-refractivity contribution in [2.75, 3.05) is 0 Å². The number of aromatic nitrogens is 1. The van der Waals surface area contributed by atoms with E-state index in [0.29, 0.717) is 86.9 Å². The van der Waals surface area contributed by atoms with Gasteiger partial charge in [-0.15, -0.1) is 28.0 Å². The van der Waals surface area contributed by atoms with Crippen molar-refractivity contribution in [1.82, 2.24) is 4.98 Å². The van der Waals surface area contributed by atoms with Crippen molar-refractivity contribution < 1.29 is 26.1 Å². The largest absolute Gasteiger partial charge is 2.00 e. The third kappa shape index (κ3) is 11.6. The molecule has 0 radical (unpaired) electrons. The monoisotopic (exact) mass is 1030 g/mol. The van der Waals surface area contributed by atoms with Gasteiger partial charge in [0.2, 0.25) is 5.78 Å². The predicted octanol–water partition coefficient (Wildman–Crippen LogP) is 17.2. The van der Waals surface area contributed by atoms with E-state index in [4.69, 9.17) is 15.3 Å². The predicted molar refractivity (Wildman–Crippen MR) is 304 cm³/mol. The third-order valence-corrected chi connectivity index (χ3v) is 35.4. The molecule has 0 aromatic carbocycles. The molecular weight excluding hydrogens is 938 g/mol. The minimum Gasteiger partial charge on any atom is -0.653 e. The van der Waals surface area contributed by atoms with Crippen molar-refractivity contribution >= 4 is 47.2 Å². The summed E-state index contributed by atoms with van der Waals surface area (Å²) in [5.74, 6) is 10.7. The summed E-state index contributed by atoms with van der Waals surface area (Å²) in [6.07, 6.45) is 4.07. The zero-order valence-corrected chi connectivity index (χ0v) is 51.9. The van der Waals surface area contributed by atoms with E-state index in [2.05, 4.69) is 194 Å². The van der Waals surface area contributed by atoms with E-state index in [0.717, 1.165) is 74.5 Å². The van der Waals surface area contributed by atoms with Crippen molar-refractivity contribution in [3.05, 3.63) is 67.1 Å². The Morgan fingerprint density at radius 3 is 1.16 bits per heavy atom. The third-order valence-electron chi connectivity index (χ3n) is 16.5. The molecule has 2 aliphatic rings. The number of carbonyl (C=O) groups is 2. The first-order chi connectivity index (χ1) is 31.7. The molecule has 0 fully saturated rings. The van der Waals surface area contributed by atoms with E-state index in [1.807, 2.05) is 6.92 Å². The number of nitrogens with zero attached hydrogens (tertiary/aromatic N) is 3. The summed E-state index contributed by atoms with van der Waals surface area (Å²) in [5, 5.41) is 4.87. The molecule has 0 unspecified atom stereocenters. The van der Waals surface area contributed by atoms with Gasteiger partial charge in [0, 0.05) is 11.1 Å². The zero-order chi connectivity index (χ0) is 52.0. The van der Waals surface area contributed by atoms with Crippen LogP contribution < -0.4 is 4.98 Å². The molecule has 0 saturated carbocycles. The molecule has 2 aliphatic heterocycles. The van der Waals surface area contributed by atoms with Gasteiger partial charge in [-0.25, -0.2) is 4.99 Å². The van der Waals surface area contributed by atoms with E-state index in [9.17, 15) is 9.59 Å². The Kier molecular flexibility index (Phi) is 22.9. The van der Waals surface area contributed by atoms with Crippen LogP contribution in [0.2, 0.25) is 49.9 Å². The summed E-state index contributed by atoms with van der Waals surface area (Å²) in [6, 6.07) is 0. The van der Waals surface area contributed by atoms with Crippen LogP contribution in [0.1, 0.15) is 219 Å². The molecule has 5 nitrogen and oxygen atoms in total. The van der Waals surface area contributed by atoms with Crippen LogP contribution in [-0.4, -0.2) is 41.6 Å². The molecule has 3 heterocycles. The summed E-state index contributed by atoms with van der Waals surface area (Å²) in [7, 11) is -6.71. The van der Waals surface area contributed by atoms with Crippen LogP contribution >= 0.6 is 0 Å². The minimum absolute atomic E-state index is 0. The van der Waals surface area contributed by atoms with Crippen molar-refractivity contribution in [1.29, 1.82) is 0 Å². The van der Waals surface area contributed by atoms with Crippen LogP contribution in [0.4, 0.5) is 0 Å². The van der Waals surface area contributed by atoms with E-state index in [1.54, 1.807) is 0 Å². The number of aliphatic imine (C=N–C) groups is 1. The molecule has 0 saturated heterocycles. The number of hydrogen-bond donors (Lipinski definition) is 0. The fourth-order valence-electron chi connectivity index (χ4n) is 13.2. The van der Waals surface area contributed by atoms with E-state index < -0.39 is 24.2 Å². The van der Waals surface area contributed by atoms with Crippen molar-refractivity contribution in [2.24, 2.45) is 4.99 Å². The van der Waals surface area contributed by atoms with Gasteiger partial charge in [-0.1, -0.05) is 200 Å². The van der Waals surface area contributed by atoms with Crippen molar-refractivity contribution in [3.63, 3.8) is 0 Å². The molecular formula is C60H93N3NiO2Si3. The molecule has 0 aliphatic carbocycles. The zero-order valence-electron chi connectivity index (χ0n) is 47.9. The van der Waals surface area contributed by atoms with Crippen LogP contribution in [0.25, 0.3) is 10.9 Å². The smallest absolute Gasteiger partial charge is 0.653 e. The summed E-state index contributed by atoms with van der Waals surface area (Å²) < 4.78 is 0. The SMILES string of the molecule is CCC1=C(CC)C(=C(C#C[Si](C(C)C)(C(C)C)C(C)C)c2[n-]c(C(=O)C#C[Si](C(C)C)(C(C)C)C(C)C)c(CC)c2CC)N=C1/C(C#C[Si](C(C)C)(C(C)C)C(C)C)=C1\[N-]C(=O)C(CC)=C1CC.[Ni+2]. The first-order valence-electron chi connectivity index (χ1n) is 26.9. The van der Waals surface area contributed by atoms with Crippen LogP contribution in [0.15, 0.2) is 44.3 Å². The van der Waals surface area contributed by atoms with Gasteiger partial charge >= 0.3 is 16.5 Å². The number of Topliss-reactive ketones (excluding diaryl/α,β-unsaturated/α-hetero) is 1. The Morgan fingerprint density at radius 2 is 0.812 bits per heavy atom. The van der Waals surface area contributed by atoms with Gasteiger partial charge in [-0.3, -0.25) is 4.79 Å². The number of carbonyl (C=O) groups excluding carboxylic acids is 2. The second kappa shape index (κ2) is 25.5. The maximum absolute atomic E-state index is 14.7. The van der Waals surface area contributed by atoms with E-state index in [-0.39, 0.29) is 28.2 Å². The molecule has 3 rings (SSSR count). The molecule has 69 heavy (non-hydrogen) atoms. The van der Waals surface area contributed by atoms with Crippen LogP contribution in [0.3, 0.4) is 0 Å². The fraction of sp³-hybridized carbons (Fsp3) is 0.650. The van der Waals surface area contributed by atoms with Gasteiger partial charge in [0.25, 0.3) is 0 Å². The molecule has 9 heteroatoms. The summed E-state index contributed by atoms with van der Waals surface area (Å²) in [6.45, 7) is 54.8. The molecule has 0 atom stereocenters. The Bertz CT molecular complexity index is 2350. The maximum atomic E-state index is 14.7. The molecule has 1 aromatic rings. The first kappa shape index (κ1) is 62.0. The van der Waals surface area contributed by atoms with Crippen LogP contribution in [0.5, 0.6) is 0 Å². The second-order valence-electron chi connectivity index (χ2n) is 22.4. The van der Waals surface area contributed by atoms with E-state index in [1.165, 1.54) is 0 Å². The minimum atomic E-state index is -2.28. The van der Waals surface area contributed by atoms with Gasteiger partial charge in [-0.05, 0) is 111 Å². The Morgan fingerprint density at radius 1 is 0.464 bits per heavy atom. The van der Waals surface area contributed by atoms with E-state index >= 15 is 0 Å². The molecule has 0 spiro atoms. The fourth-order valence-corrected chi connectivity index (χ4v) is 28.8. The number of allylic oxidation sites excluding steroid dienone is 5. The number of hydrogen-bond acceptors (Lipinski definition) is 3. The first-order valence-corrected chi connectivity index (χ1v) is 33.6. The molecule has 0 bridgehead atoms. The summed E-state index contributed by atoms with van der Waals surface area (Å²) in [4.78, 5) is 39.7. The standard InChI is InChI=1S/C60H95N3O2Si3.Ni/c1-25-46-47(26-2)56(53(58-50(29-5)51(30-6)60(65)63-58)32-35-67(40(13)14,41(15)16)42(17)18)61-55(46)52(31-34-66(37(7)8,38(9)10)39(11)12)57-48(27-3)49(28-4)59(62-57)54(64)33-36-68(43(19)20,44(21)22)45(23)24;/h37-45H,25-30H2,1-24H3,(H2,61,62,63,64,65);/q;+2/p-2. The van der Waals surface area contributed by atoms with Crippen LogP contribution in [-0.2, 0) is 34.1 Å². The topological polar surface area (TPSA) is 74.7 Å². The van der Waals surface area contributed by atoms with Crippen LogP contribution in [0, 0.1) is 34.4 Å². The molecule has 0 N–H and O–H groups in total. The van der Waals surface area contributed by atoms with Crippen molar-refractivity contribution in [3.8, 4) is 34.4 Å². The molecule has 1 aromatic heterocycles. The van der Waals surface area contributed by atoms with Gasteiger partial charge in [0.05, 0.1) is 17.3 Å². The van der Waals surface area contributed by atoms with Gasteiger partial charge < -0.3 is 15.1 Å². The molecule has 382 valence electrons. The quantitative estimate of drug-likeness (QED) is 0.0835. The Hall–Kier alpha value is -3.13. The number of ketones is 1. The molecule has 1 amide bonds. The van der Waals surface area contributed by atoms with Gasteiger partial charge in [0.1, 0.15) is 24.2 Å². The maximum Gasteiger partial charge on any atom is 2.00 e. The normalized spacial score (nSPS) is 16.2. The number of amides is 1. The summed E-state index contributed by atoms with van der Waals surface area (Å²) >= 11 is 0. The second-order valence-corrected chi connectivity index (χ2v) is 39.1. The Balaban J connectivity index is 0.0000163. The van der Waals surface area contributed by atoms with Gasteiger partial charge in [-0.2, -0.15) is 0 Å². The van der Waals surface area contributed by atoms with Crippen molar-refractivity contribution in [2.45, 2.75) is 255 Å². The van der Waals surface area contributed by atoms with Gasteiger partial charge in [0.15, 0.2) is 0 Å². The summed E-state index contributed by atoms with van der Waals surface area (Å²) in [5.41, 5.74) is 26.6. The average molecular weight is 1030 g/mol. The Labute approximate surface area is 436 Å².